The highest BCUT2D eigenvalue weighted by molar-refractivity contribution is 7.91. The fraction of sp³-hybridized carbons (Fsp3) is 0.182. The monoisotopic (exact) mass is 300 g/mol. The van der Waals surface area contributed by atoms with Crippen molar-refractivity contribution < 1.29 is 8.42 Å². The molecule has 1 aliphatic rings. The second kappa shape index (κ2) is 4.31. The maximum atomic E-state index is 12.4. The number of pyridine rings is 1. The topological polar surface area (TPSA) is 50.3 Å². The molecule has 3 rings (SSSR count). The molecule has 0 bridgehead atoms. The molecule has 0 spiro atoms. The van der Waals surface area contributed by atoms with Gasteiger partial charge < -0.3 is 0 Å². The first-order valence-corrected chi connectivity index (χ1v) is 7.89. The van der Waals surface area contributed by atoms with Crippen molar-refractivity contribution in [2.75, 3.05) is 0 Å². The van der Waals surface area contributed by atoms with Crippen molar-refractivity contribution in [2.24, 2.45) is 0 Å². The molecule has 0 unspecified atom stereocenters. The van der Waals surface area contributed by atoms with Gasteiger partial charge in [0.05, 0.1) is 16.6 Å². The molecule has 0 amide bonds. The third-order valence-corrected chi connectivity index (χ3v) is 6.29. The van der Waals surface area contributed by atoms with Crippen molar-refractivity contribution in [2.45, 2.75) is 17.3 Å². The quantitative estimate of drug-likeness (QED) is 0.856. The van der Waals surface area contributed by atoms with Crippen molar-refractivity contribution in [1.82, 2.24) is 9.29 Å². The molecule has 94 valence electrons. The highest BCUT2D eigenvalue weighted by atomic mass is 35.5. The fourth-order valence-electron chi connectivity index (χ4n) is 1.90. The van der Waals surface area contributed by atoms with Crippen LogP contribution < -0.4 is 0 Å². The van der Waals surface area contributed by atoms with Crippen molar-refractivity contribution >= 4 is 33.0 Å². The first-order chi connectivity index (χ1) is 8.57. The molecule has 1 aliphatic heterocycles. The fourth-order valence-corrected chi connectivity index (χ4v) is 4.92. The molecule has 0 radical (unpaired) electrons. The first kappa shape index (κ1) is 12.1. The lowest BCUT2D eigenvalue weighted by atomic mass is 10.2. The summed E-state index contributed by atoms with van der Waals surface area (Å²) in [5.74, 6) is 0. The van der Waals surface area contributed by atoms with Gasteiger partial charge in [-0.15, -0.1) is 11.3 Å². The van der Waals surface area contributed by atoms with Gasteiger partial charge in [0.15, 0.2) is 0 Å². The molecule has 0 aromatic carbocycles. The standard InChI is InChI=1S/C11H9ClN2O2S2/c12-10-3-4-11(17-10)18(15,16)14-6-8-2-1-5-13-9(8)7-14/h1-5H,6-7H2. The van der Waals surface area contributed by atoms with E-state index in [1.807, 2.05) is 12.1 Å². The number of hydrogen-bond acceptors (Lipinski definition) is 4. The minimum absolute atomic E-state index is 0.278. The Kier molecular flexibility index (Phi) is 2.90. The Morgan fingerprint density at radius 3 is 2.78 bits per heavy atom. The molecule has 0 fully saturated rings. The number of sulfonamides is 1. The van der Waals surface area contributed by atoms with E-state index in [1.165, 1.54) is 4.31 Å². The van der Waals surface area contributed by atoms with Crippen LogP contribution in [0.5, 0.6) is 0 Å². The SMILES string of the molecule is O=S(=O)(c1ccc(Cl)s1)N1Cc2cccnc2C1. The average molecular weight is 301 g/mol. The van der Waals surface area contributed by atoms with E-state index >= 15 is 0 Å². The second-order valence-corrected chi connectivity index (χ2v) is 7.82. The van der Waals surface area contributed by atoms with Crippen LogP contribution in [0, 0.1) is 0 Å². The summed E-state index contributed by atoms with van der Waals surface area (Å²) in [7, 11) is -3.46. The van der Waals surface area contributed by atoms with Crippen LogP contribution in [0.15, 0.2) is 34.7 Å². The van der Waals surface area contributed by atoms with E-state index < -0.39 is 10.0 Å². The van der Waals surface area contributed by atoms with Gasteiger partial charge in [0.1, 0.15) is 4.21 Å². The molecule has 0 aliphatic carbocycles. The summed E-state index contributed by atoms with van der Waals surface area (Å²) in [6.07, 6.45) is 1.68. The molecule has 0 atom stereocenters. The smallest absolute Gasteiger partial charge is 0.253 e. The third kappa shape index (κ3) is 1.95. The highest BCUT2D eigenvalue weighted by Gasteiger charge is 2.32. The molecule has 7 heteroatoms. The Balaban J connectivity index is 1.95. The van der Waals surface area contributed by atoms with E-state index in [1.54, 1.807) is 18.3 Å². The van der Waals surface area contributed by atoms with Crippen LogP contribution >= 0.6 is 22.9 Å². The van der Waals surface area contributed by atoms with E-state index in [0.29, 0.717) is 17.4 Å². The number of hydrogen-bond donors (Lipinski definition) is 0. The minimum Gasteiger partial charge on any atom is -0.260 e. The minimum atomic E-state index is -3.46. The molecule has 2 aromatic heterocycles. The lowest BCUT2D eigenvalue weighted by Crippen LogP contribution is -2.24. The van der Waals surface area contributed by atoms with Gasteiger partial charge in [-0.3, -0.25) is 4.98 Å². The summed E-state index contributed by atoms with van der Waals surface area (Å²) < 4.78 is 26.9. The van der Waals surface area contributed by atoms with Gasteiger partial charge >= 0.3 is 0 Å². The van der Waals surface area contributed by atoms with Gasteiger partial charge in [0.25, 0.3) is 10.0 Å². The zero-order chi connectivity index (χ0) is 12.8. The largest absolute Gasteiger partial charge is 0.260 e. The number of rotatable bonds is 2. The molecule has 0 saturated heterocycles. The third-order valence-electron chi connectivity index (χ3n) is 2.80. The molecule has 0 N–H and O–H groups in total. The molecule has 0 saturated carbocycles. The van der Waals surface area contributed by atoms with Crippen molar-refractivity contribution in [3.05, 3.63) is 46.1 Å². The zero-order valence-corrected chi connectivity index (χ0v) is 11.6. The van der Waals surface area contributed by atoms with Crippen LogP contribution in [0.1, 0.15) is 11.3 Å². The number of thiophene rings is 1. The summed E-state index contributed by atoms with van der Waals surface area (Å²) in [6, 6.07) is 6.86. The van der Waals surface area contributed by atoms with Crippen molar-refractivity contribution in [3.63, 3.8) is 0 Å². The van der Waals surface area contributed by atoms with Crippen LogP contribution in [-0.2, 0) is 23.1 Å². The first-order valence-electron chi connectivity index (χ1n) is 5.25. The number of halogens is 1. The molecular weight excluding hydrogens is 292 g/mol. The Morgan fingerprint density at radius 2 is 2.11 bits per heavy atom. The predicted molar refractivity (Wildman–Crippen MR) is 70.0 cm³/mol. The number of aromatic nitrogens is 1. The number of fused-ring (bicyclic) bond motifs is 1. The molecule has 3 heterocycles. The van der Waals surface area contributed by atoms with Crippen LogP contribution in [-0.4, -0.2) is 17.7 Å². The maximum absolute atomic E-state index is 12.4. The summed E-state index contributed by atoms with van der Waals surface area (Å²) in [5, 5.41) is 0. The summed E-state index contributed by atoms with van der Waals surface area (Å²) in [4.78, 5) is 4.19. The van der Waals surface area contributed by atoms with E-state index in [9.17, 15) is 8.42 Å². The van der Waals surface area contributed by atoms with Crippen LogP contribution in [0.2, 0.25) is 4.34 Å². The lowest BCUT2D eigenvalue weighted by molar-refractivity contribution is 0.431. The zero-order valence-electron chi connectivity index (χ0n) is 9.21. The van der Waals surface area contributed by atoms with Crippen molar-refractivity contribution in [1.29, 1.82) is 0 Å². The lowest BCUT2D eigenvalue weighted by Gasteiger charge is -2.13. The highest BCUT2D eigenvalue weighted by Crippen LogP contribution is 2.32. The van der Waals surface area contributed by atoms with E-state index in [0.717, 1.165) is 22.6 Å². The molecular formula is C11H9ClN2O2S2. The normalized spacial score (nSPS) is 15.8. The van der Waals surface area contributed by atoms with Gasteiger partial charge in [-0.05, 0) is 23.8 Å². The van der Waals surface area contributed by atoms with Gasteiger partial charge in [-0.2, -0.15) is 4.31 Å². The van der Waals surface area contributed by atoms with E-state index in [-0.39, 0.29) is 4.21 Å². The molecule has 4 nitrogen and oxygen atoms in total. The van der Waals surface area contributed by atoms with Gasteiger partial charge in [0, 0.05) is 12.7 Å². The van der Waals surface area contributed by atoms with E-state index in [4.69, 9.17) is 11.6 Å². The Hall–Kier alpha value is -0.950. The summed E-state index contributed by atoms with van der Waals surface area (Å²) in [5.41, 5.74) is 1.78. The average Bonchev–Trinajstić information content (AvgIpc) is 2.94. The Morgan fingerprint density at radius 1 is 1.28 bits per heavy atom. The Bertz CT molecular complexity index is 672. The maximum Gasteiger partial charge on any atom is 0.253 e. The van der Waals surface area contributed by atoms with Crippen LogP contribution in [0.25, 0.3) is 0 Å². The predicted octanol–water partition coefficient (Wildman–Crippen LogP) is 2.50. The summed E-state index contributed by atoms with van der Waals surface area (Å²) in [6.45, 7) is 0.703. The molecule has 18 heavy (non-hydrogen) atoms. The van der Waals surface area contributed by atoms with Crippen molar-refractivity contribution in [3.8, 4) is 0 Å². The van der Waals surface area contributed by atoms with E-state index in [2.05, 4.69) is 4.98 Å². The van der Waals surface area contributed by atoms with Crippen LogP contribution in [0.4, 0.5) is 0 Å². The second-order valence-electron chi connectivity index (χ2n) is 3.94. The molecule has 2 aromatic rings. The van der Waals surface area contributed by atoms with Gasteiger partial charge in [-0.25, -0.2) is 8.42 Å². The van der Waals surface area contributed by atoms with Crippen LogP contribution in [0.3, 0.4) is 0 Å². The Labute approximate surface area is 114 Å². The van der Waals surface area contributed by atoms with Gasteiger partial charge in [-0.1, -0.05) is 17.7 Å². The number of nitrogens with zero attached hydrogens (tertiary/aromatic N) is 2. The summed E-state index contributed by atoms with van der Waals surface area (Å²) >= 11 is 6.86. The van der Waals surface area contributed by atoms with Gasteiger partial charge in [0.2, 0.25) is 0 Å².